The fraction of sp³-hybridized carbons (Fsp3) is 0.333. The van der Waals surface area contributed by atoms with Crippen LogP contribution in [0.1, 0.15) is 35.2 Å². The quantitative estimate of drug-likeness (QED) is 0.681. The lowest BCUT2D eigenvalue weighted by atomic mass is 9.86. The molecule has 1 saturated heterocycles. The Balaban J connectivity index is 1.41. The Morgan fingerprint density at radius 2 is 1.90 bits per heavy atom. The Morgan fingerprint density at radius 3 is 2.70 bits per heavy atom. The number of carbonyl (C=O) groups is 2. The van der Waals surface area contributed by atoms with E-state index in [2.05, 4.69) is 5.32 Å². The number of carbonyl (C=O) groups excluding carboxylic acids is 2. The van der Waals surface area contributed by atoms with E-state index in [9.17, 15) is 9.59 Å². The molecule has 0 aliphatic carbocycles. The van der Waals surface area contributed by atoms with Crippen LogP contribution in [0.15, 0.2) is 54.7 Å². The molecule has 30 heavy (non-hydrogen) atoms. The van der Waals surface area contributed by atoms with Gasteiger partial charge in [-0.1, -0.05) is 24.3 Å². The van der Waals surface area contributed by atoms with Crippen LogP contribution in [0.25, 0.3) is 10.9 Å². The third-order valence-corrected chi connectivity index (χ3v) is 7.49. The zero-order valence-corrected chi connectivity index (χ0v) is 17.9. The maximum Gasteiger partial charge on any atom is 0.254 e. The molecule has 0 unspecified atom stereocenters. The molecule has 6 heteroatoms. The van der Waals surface area contributed by atoms with Crippen LogP contribution >= 0.6 is 11.8 Å². The van der Waals surface area contributed by atoms with Crippen molar-refractivity contribution >= 4 is 40.2 Å². The first-order chi connectivity index (χ1) is 14.6. The average molecular weight is 420 g/mol. The molecule has 1 aromatic heterocycles. The molecular formula is C24H25N3O2S. The summed E-state index contributed by atoms with van der Waals surface area (Å²) in [6.45, 7) is 0.598. The van der Waals surface area contributed by atoms with E-state index in [0.717, 1.165) is 52.1 Å². The number of hydrogen-bond acceptors (Lipinski definition) is 3. The lowest BCUT2D eigenvalue weighted by Gasteiger charge is -2.44. The molecule has 0 atom stereocenters. The van der Waals surface area contributed by atoms with E-state index in [0.29, 0.717) is 13.0 Å². The average Bonchev–Trinajstić information content (AvgIpc) is 3.30. The maximum absolute atomic E-state index is 13.2. The highest BCUT2D eigenvalue weighted by Gasteiger charge is 2.45. The summed E-state index contributed by atoms with van der Waals surface area (Å²) in [6, 6.07) is 15.8. The number of fused-ring (bicyclic) bond motifs is 2. The summed E-state index contributed by atoms with van der Waals surface area (Å²) in [6.07, 6.45) is 4.03. The Hall–Kier alpha value is -2.73. The third-order valence-electron chi connectivity index (χ3n) is 6.51. The van der Waals surface area contributed by atoms with Crippen molar-refractivity contribution in [2.45, 2.75) is 31.3 Å². The van der Waals surface area contributed by atoms with Crippen LogP contribution in [-0.4, -0.2) is 38.3 Å². The summed E-state index contributed by atoms with van der Waals surface area (Å²) < 4.78 is 2.05. The molecule has 0 radical (unpaired) electrons. The predicted octanol–water partition coefficient (Wildman–Crippen LogP) is 4.43. The van der Waals surface area contributed by atoms with Crippen molar-refractivity contribution in [2.24, 2.45) is 7.05 Å². The van der Waals surface area contributed by atoms with Gasteiger partial charge < -0.3 is 14.8 Å². The normalized spacial score (nSPS) is 17.9. The molecular weight excluding hydrogens is 394 g/mol. The Labute approximate surface area is 180 Å². The molecule has 1 N–H and O–H groups in total. The zero-order chi connectivity index (χ0) is 20.7. The number of aryl methyl sites for hydroxylation is 1. The van der Waals surface area contributed by atoms with Crippen molar-refractivity contribution < 1.29 is 9.59 Å². The molecule has 2 aliphatic heterocycles. The standard InChI is InChI=1S/C24H25N3O2S/c1-26-12-9-19-20(7-4-8-21(19)26)25-22(28)15-24(10-13-30-14-11-24)27-16-17-5-2-3-6-18(17)23(27)29/h2-9,12H,10-11,13-16H2,1H3,(H,25,28). The van der Waals surface area contributed by atoms with Gasteiger partial charge in [-0.2, -0.15) is 11.8 Å². The molecule has 0 spiro atoms. The van der Waals surface area contributed by atoms with Gasteiger partial charge in [-0.15, -0.1) is 0 Å². The van der Waals surface area contributed by atoms with Crippen LogP contribution in [0.2, 0.25) is 0 Å². The van der Waals surface area contributed by atoms with E-state index in [1.165, 1.54) is 0 Å². The molecule has 2 amide bonds. The summed E-state index contributed by atoms with van der Waals surface area (Å²) in [5.41, 5.74) is 3.34. The number of nitrogens with zero attached hydrogens (tertiary/aromatic N) is 2. The van der Waals surface area contributed by atoms with Crippen molar-refractivity contribution in [2.75, 3.05) is 16.8 Å². The van der Waals surface area contributed by atoms with Crippen LogP contribution in [0.4, 0.5) is 5.69 Å². The van der Waals surface area contributed by atoms with Gasteiger partial charge in [-0.05, 0) is 54.2 Å². The van der Waals surface area contributed by atoms with E-state index in [1.54, 1.807) is 0 Å². The van der Waals surface area contributed by atoms with Gasteiger partial charge in [0.15, 0.2) is 0 Å². The van der Waals surface area contributed by atoms with E-state index in [-0.39, 0.29) is 11.8 Å². The SMILES string of the molecule is Cn1ccc2c(NC(=O)CC3(N4Cc5ccccc5C4=O)CCSCC3)cccc21. The molecule has 154 valence electrons. The fourth-order valence-corrected chi connectivity index (χ4v) is 6.09. The second-order valence-electron chi connectivity index (χ2n) is 8.28. The van der Waals surface area contributed by atoms with Crippen LogP contribution in [0, 0.1) is 0 Å². The maximum atomic E-state index is 13.2. The van der Waals surface area contributed by atoms with Gasteiger partial charge in [0.2, 0.25) is 5.91 Å². The zero-order valence-electron chi connectivity index (χ0n) is 17.1. The molecule has 1 fully saturated rings. The monoisotopic (exact) mass is 419 g/mol. The van der Waals surface area contributed by atoms with Crippen LogP contribution in [-0.2, 0) is 18.4 Å². The van der Waals surface area contributed by atoms with E-state index in [1.807, 2.05) is 83.0 Å². The minimum atomic E-state index is -0.421. The highest BCUT2D eigenvalue weighted by Crippen LogP contribution is 2.40. The topological polar surface area (TPSA) is 54.3 Å². The minimum absolute atomic E-state index is 0.0259. The minimum Gasteiger partial charge on any atom is -0.350 e. The number of thioether (sulfide) groups is 1. The van der Waals surface area contributed by atoms with Crippen LogP contribution < -0.4 is 5.32 Å². The first-order valence-electron chi connectivity index (χ1n) is 10.4. The molecule has 3 heterocycles. The lowest BCUT2D eigenvalue weighted by Crippen LogP contribution is -2.53. The number of aromatic nitrogens is 1. The molecule has 2 aliphatic rings. The lowest BCUT2D eigenvalue weighted by molar-refractivity contribution is -0.119. The Bertz CT molecular complexity index is 1130. The number of hydrogen-bond donors (Lipinski definition) is 1. The van der Waals surface area contributed by atoms with Crippen molar-refractivity contribution in [3.05, 3.63) is 65.9 Å². The van der Waals surface area contributed by atoms with Crippen molar-refractivity contribution in [1.29, 1.82) is 0 Å². The summed E-state index contributed by atoms with van der Waals surface area (Å²) in [7, 11) is 2.00. The van der Waals surface area contributed by atoms with Crippen LogP contribution in [0.5, 0.6) is 0 Å². The Kier molecular flexibility index (Phi) is 4.82. The summed E-state index contributed by atoms with van der Waals surface area (Å²) in [5.74, 6) is 1.99. The summed E-state index contributed by atoms with van der Waals surface area (Å²) in [5, 5.41) is 4.17. The van der Waals surface area contributed by atoms with E-state index < -0.39 is 5.54 Å². The van der Waals surface area contributed by atoms with E-state index in [4.69, 9.17) is 0 Å². The van der Waals surface area contributed by atoms with Crippen molar-refractivity contribution in [1.82, 2.24) is 9.47 Å². The predicted molar refractivity (Wildman–Crippen MR) is 122 cm³/mol. The van der Waals surface area contributed by atoms with Gasteiger partial charge in [-0.3, -0.25) is 9.59 Å². The number of benzene rings is 2. The van der Waals surface area contributed by atoms with E-state index >= 15 is 0 Å². The molecule has 0 saturated carbocycles. The second kappa shape index (κ2) is 7.51. The molecule has 5 rings (SSSR count). The van der Waals surface area contributed by atoms with Crippen LogP contribution in [0.3, 0.4) is 0 Å². The van der Waals surface area contributed by atoms with Gasteiger partial charge in [-0.25, -0.2) is 0 Å². The Morgan fingerprint density at radius 1 is 1.10 bits per heavy atom. The first kappa shape index (κ1) is 19.2. The fourth-order valence-electron chi connectivity index (χ4n) is 4.84. The van der Waals surface area contributed by atoms with Gasteiger partial charge in [0.1, 0.15) is 0 Å². The highest BCUT2D eigenvalue weighted by atomic mass is 32.2. The molecule has 3 aromatic rings. The summed E-state index contributed by atoms with van der Waals surface area (Å²) >= 11 is 1.90. The molecule has 2 aromatic carbocycles. The number of anilines is 1. The third kappa shape index (κ3) is 3.19. The van der Waals surface area contributed by atoms with Gasteiger partial charge >= 0.3 is 0 Å². The number of amides is 2. The largest absolute Gasteiger partial charge is 0.350 e. The smallest absolute Gasteiger partial charge is 0.254 e. The van der Waals surface area contributed by atoms with Crippen molar-refractivity contribution in [3.8, 4) is 0 Å². The van der Waals surface area contributed by atoms with Gasteiger partial charge in [0, 0.05) is 36.3 Å². The van der Waals surface area contributed by atoms with Gasteiger partial charge in [0.05, 0.1) is 17.6 Å². The second-order valence-corrected chi connectivity index (χ2v) is 9.50. The number of nitrogens with one attached hydrogen (secondary N) is 1. The molecule has 0 bridgehead atoms. The van der Waals surface area contributed by atoms with Crippen molar-refractivity contribution in [3.63, 3.8) is 0 Å². The van der Waals surface area contributed by atoms with Gasteiger partial charge in [0.25, 0.3) is 5.91 Å². The summed E-state index contributed by atoms with van der Waals surface area (Å²) in [4.78, 5) is 28.4. The highest BCUT2D eigenvalue weighted by molar-refractivity contribution is 7.99. The molecule has 5 nitrogen and oxygen atoms in total. The first-order valence-corrected chi connectivity index (χ1v) is 11.5. The number of rotatable bonds is 4.